The van der Waals surface area contributed by atoms with Crippen LogP contribution < -0.4 is 4.74 Å². The highest BCUT2D eigenvalue weighted by molar-refractivity contribution is 9.10. The average Bonchev–Trinajstić information content (AvgIpc) is 2.26. The molecule has 90 valence electrons. The van der Waals surface area contributed by atoms with E-state index < -0.39 is 0 Å². The van der Waals surface area contributed by atoms with E-state index in [9.17, 15) is 0 Å². The van der Waals surface area contributed by atoms with Gasteiger partial charge >= 0.3 is 0 Å². The van der Waals surface area contributed by atoms with E-state index in [1.165, 1.54) is 0 Å². The zero-order chi connectivity index (χ0) is 12.0. The minimum absolute atomic E-state index is 0.243. The number of hydrogen-bond donors (Lipinski definition) is 0. The van der Waals surface area contributed by atoms with Gasteiger partial charge in [0.2, 0.25) is 0 Å². The van der Waals surface area contributed by atoms with Gasteiger partial charge in [0.05, 0.1) is 12.7 Å². The van der Waals surface area contributed by atoms with E-state index in [0.29, 0.717) is 19.1 Å². The lowest BCUT2D eigenvalue weighted by atomic mass is 10.2. The third-order valence-electron chi connectivity index (χ3n) is 1.96. The topological polar surface area (TPSA) is 18.5 Å². The van der Waals surface area contributed by atoms with Crippen LogP contribution in [-0.4, -0.2) is 19.3 Å². The number of halogens is 2. The summed E-state index contributed by atoms with van der Waals surface area (Å²) >= 11 is 9.22. The van der Waals surface area contributed by atoms with Gasteiger partial charge in [-0.3, -0.25) is 0 Å². The molecule has 1 aromatic rings. The standard InChI is InChI=1S/C12H16BrClO2/c1-9(2)15-5-6-16-11-3-4-12(13)10(7-11)8-14/h3-4,7,9H,5-6,8H2,1-2H3. The second kappa shape index (κ2) is 7.15. The molecule has 2 nitrogen and oxygen atoms in total. The molecule has 0 N–H and O–H groups in total. The molecule has 0 fully saturated rings. The minimum Gasteiger partial charge on any atom is -0.491 e. The highest BCUT2D eigenvalue weighted by atomic mass is 79.9. The number of benzene rings is 1. The minimum atomic E-state index is 0.243. The molecule has 0 saturated carbocycles. The van der Waals surface area contributed by atoms with E-state index in [-0.39, 0.29) is 6.10 Å². The summed E-state index contributed by atoms with van der Waals surface area (Å²) in [6.07, 6.45) is 0.243. The Morgan fingerprint density at radius 3 is 2.69 bits per heavy atom. The van der Waals surface area contributed by atoms with Crippen LogP contribution in [-0.2, 0) is 10.6 Å². The summed E-state index contributed by atoms with van der Waals surface area (Å²) in [7, 11) is 0. The predicted molar refractivity (Wildman–Crippen MR) is 70.3 cm³/mol. The lowest BCUT2D eigenvalue weighted by Gasteiger charge is -2.10. The number of rotatable bonds is 6. The quantitative estimate of drug-likeness (QED) is 0.584. The summed E-state index contributed by atoms with van der Waals surface area (Å²) in [4.78, 5) is 0. The molecule has 1 rings (SSSR count). The molecular formula is C12H16BrClO2. The third kappa shape index (κ3) is 4.73. The van der Waals surface area contributed by atoms with Crippen molar-refractivity contribution in [3.63, 3.8) is 0 Å². The van der Waals surface area contributed by atoms with Crippen LogP contribution in [0.3, 0.4) is 0 Å². The van der Waals surface area contributed by atoms with E-state index in [0.717, 1.165) is 15.8 Å². The van der Waals surface area contributed by atoms with Crippen molar-refractivity contribution in [3.8, 4) is 5.75 Å². The van der Waals surface area contributed by atoms with Crippen LogP contribution in [0.1, 0.15) is 19.4 Å². The summed E-state index contributed by atoms with van der Waals surface area (Å²) in [6.45, 7) is 5.17. The molecule has 0 saturated heterocycles. The molecule has 0 unspecified atom stereocenters. The van der Waals surface area contributed by atoms with Gasteiger partial charge in [0.15, 0.2) is 0 Å². The molecule has 1 aromatic carbocycles. The molecule has 16 heavy (non-hydrogen) atoms. The Balaban J connectivity index is 2.42. The summed E-state index contributed by atoms with van der Waals surface area (Å²) < 4.78 is 11.9. The molecule has 0 atom stereocenters. The first-order valence-corrected chi connectivity index (χ1v) is 6.55. The summed E-state index contributed by atoms with van der Waals surface area (Å²) in [5.41, 5.74) is 1.03. The fourth-order valence-corrected chi connectivity index (χ4v) is 1.96. The zero-order valence-electron chi connectivity index (χ0n) is 9.50. The van der Waals surface area contributed by atoms with E-state index >= 15 is 0 Å². The normalized spacial score (nSPS) is 10.8. The maximum atomic E-state index is 5.80. The smallest absolute Gasteiger partial charge is 0.119 e. The SMILES string of the molecule is CC(C)OCCOc1ccc(Br)c(CCl)c1. The first-order valence-electron chi connectivity index (χ1n) is 5.22. The Labute approximate surface area is 110 Å². The van der Waals surface area contributed by atoms with Crippen LogP contribution in [0, 0.1) is 0 Å². The van der Waals surface area contributed by atoms with Gasteiger partial charge in [0, 0.05) is 10.4 Å². The molecule has 0 aliphatic carbocycles. The van der Waals surface area contributed by atoms with Crippen LogP contribution in [0.2, 0.25) is 0 Å². The highest BCUT2D eigenvalue weighted by Gasteiger charge is 2.01. The van der Waals surface area contributed by atoms with Crippen molar-refractivity contribution in [3.05, 3.63) is 28.2 Å². The van der Waals surface area contributed by atoms with Gasteiger partial charge in [-0.25, -0.2) is 0 Å². The van der Waals surface area contributed by atoms with Gasteiger partial charge in [0.25, 0.3) is 0 Å². The number of hydrogen-bond acceptors (Lipinski definition) is 2. The van der Waals surface area contributed by atoms with Crippen molar-refractivity contribution in [1.82, 2.24) is 0 Å². The van der Waals surface area contributed by atoms with Gasteiger partial charge in [-0.1, -0.05) is 15.9 Å². The molecular weight excluding hydrogens is 291 g/mol. The largest absolute Gasteiger partial charge is 0.491 e. The fraction of sp³-hybridized carbons (Fsp3) is 0.500. The molecule has 0 radical (unpaired) electrons. The molecule has 0 aromatic heterocycles. The second-order valence-corrected chi connectivity index (χ2v) is 4.78. The fourth-order valence-electron chi connectivity index (χ4n) is 1.19. The van der Waals surface area contributed by atoms with Crippen molar-refractivity contribution in [2.75, 3.05) is 13.2 Å². The lowest BCUT2D eigenvalue weighted by Crippen LogP contribution is -2.11. The van der Waals surface area contributed by atoms with Crippen molar-refractivity contribution in [2.45, 2.75) is 25.8 Å². The Morgan fingerprint density at radius 2 is 2.06 bits per heavy atom. The first kappa shape index (κ1) is 13.8. The molecule has 0 bridgehead atoms. The molecule has 0 spiro atoms. The number of alkyl halides is 1. The molecule has 0 amide bonds. The maximum absolute atomic E-state index is 5.80. The Kier molecular flexibility index (Phi) is 6.17. The molecule has 4 heteroatoms. The Hall–Kier alpha value is -0.250. The van der Waals surface area contributed by atoms with Crippen LogP contribution in [0.25, 0.3) is 0 Å². The van der Waals surface area contributed by atoms with Crippen LogP contribution in [0.4, 0.5) is 0 Å². The van der Waals surface area contributed by atoms with Gasteiger partial charge in [0.1, 0.15) is 12.4 Å². The van der Waals surface area contributed by atoms with Crippen LogP contribution in [0.15, 0.2) is 22.7 Å². The van der Waals surface area contributed by atoms with Gasteiger partial charge in [-0.15, -0.1) is 11.6 Å². The summed E-state index contributed by atoms with van der Waals surface area (Å²) in [6, 6.07) is 5.79. The van der Waals surface area contributed by atoms with E-state index in [1.807, 2.05) is 32.0 Å². The molecule has 0 aliphatic rings. The highest BCUT2D eigenvalue weighted by Crippen LogP contribution is 2.23. The summed E-state index contributed by atoms with van der Waals surface area (Å²) in [5.74, 6) is 1.30. The van der Waals surface area contributed by atoms with Crippen molar-refractivity contribution in [1.29, 1.82) is 0 Å². The monoisotopic (exact) mass is 306 g/mol. The van der Waals surface area contributed by atoms with Crippen molar-refractivity contribution in [2.24, 2.45) is 0 Å². The van der Waals surface area contributed by atoms with Crippen molar-refractivity contribution >= 4 is 27.5 Å². The molecule has 0 heterocycles. The van der Waals surface area contributed by atoms with E-state index in [2.05, 4.69) is 15.9 Å². The van der Waals surface area contributed by atoms with E-state index in [4.69, 9.17) is 21.1 Å². The van der Waals surface area contributed by atoms with Gasteiger partial charge < -0.3 is 9.47 Å². The van der Waals surface area contributed by atoms with Crippen molar-refractivity contribution < 1.29 is 9.47 Å². The number of ether oxygens (including phenoxy) is 2. The van der Waals surface area contributed by atoms with E-state index in [1.54, 1.807) is 0 Å². The first-order chi connectivity index (χ1) is 7.63. The van der Waals surface area contributed by atoms with Crippen LogP contribution >= 0.6 is 27.5 Å². The maximum Gasteiger partial charge on any atom is 0.119 e. The Morgan fingerprint density at radius 1 is 1.31 bits per heavy atom. The average molecular weight is 308 g/mol. The second-order valence-electron chi connectivity index (χ2n) is 3.65. The summed E-state index contributed by atoms with van der Waals surface area (Å²) in [5, 5.41) is 0. The third-order valence-corrected chi connectivity index (χ3v) is 3.03. The zero-order valence-corrected chi connectivity index (χ0v) is 11.8. The predicted octanol–water partition coefficient (Wildman–Crippen LogP) is 3.99. The van der Waals surface area contributed by atoms with Crippen LogP contribution in [0.5, 0.6) is 5.75 Å². The lowest BCUT2D eigenvalue weighted by molar-refractivity contribution is 0.0552. The van der Waals surface area contributed by atoms with Gasteiger partial charge in [-0.2, -0.15) is 0 Å². The van der Waals surface area contributed by atoms with Gasteiger partial charge in [-0.05, 0) is 37.6 Å². The molecule has 0 aliphatic heterocycles. The Bertz CT molecular complexity index is 329.